The van der Waals surface area contributed by atoms with Crippen LogP contribution in [0, 0.1) is 0 Å². The van der Waals surface area contributed by atoms with Crippen LogP contribution in [0.1, 0.15) is 5.56 Å². The molecule has 0 aliphatic rings. The van der Waals surface area contributed by atoms with Crippen LogP contribution in [0.5, 0.6) is 0 Å². The number of nitrogens with one attached hydrogen (secondary N) is 2. The van der Waals surface area contributed by atoms with Gasteiger partial charge in [0, 0.05) is 22.5 Å². The smallest absolute Gasteiger partial charge is 0.305 e. The van der Waals surface area contributed by atoms with Gasteiger partial charge in [-0.3, -0.25) is 14.7 Å². The van der Waals surface area contributed by atoms with Crippen LogP contribution in [0.3, 0.4) is 0 Å². The van der Waals surface area contributed by atoms with Gasteiger partial charge in [-0.2, -0.15) is 11.8 Å². The molecule has 1 heterocycles. The van der Waals surface area contributed by atoms with Crippen molar-refractivity contribution in [2.24, 2.45) is 0 Å². The van der Waals surface area contributed by atoms with Crippen molar-refractivity contribution in [2.45, 2.75) is 5.75 Å². The van der Waals surface area contributed by atoms with Crippen molar-refractivity contribution in [3.63, 3.8) is 0 Å². The number of H-pyrrole nitrogens is 2. The molecule has 1 aromatic heterocycles. The summed E-state index contributed by atoms with van der Waals surface area (Å²) in [6.45, 7) is 0. The van der Waals surface area contributed by atoms with Gasteiger partial charge in [0.05, 0.1) is 10.6 Å². The molecule has 0 bridgehead atoms. The molecule has 0 unspecified atom stereocenters. The van der Waals surface area contributed by atoms with Gasteiger partial charge in [0.15, 0.2) is 0 Å². The lowest BCUT2D eigenvalue weighted by Gasteiger charge is -2.10. The van der Waals surface area contributed by atoms with Crippen LogP contribution in [0.15, 0.2) is 27.9 Å². The highest BCUT2D eigenvalue weighted by atomic mass is 35.5. The predicted molar refractivity (Wildman–Crippen MR) is 80.4 cm³/mol. The summed E-state index contributed by atoms with van der Waals surface area (Å²) in [5.41, 5.74) is 0.149. The minimum absolute atomic E-state index is 0.229. The molecule has 2 rings (SSSR count). The first-order valence-electron chi connectivity index (χ1n) is 5.32. The van der Waals surface area contributed by atoms with Gasteiger partial charge in [-0.1, -0.05) is 29.3 Å². The first kappa shape index (κ1) is 14.2. The highest BCUT2D eigenvalue weighted by molar-refractivity contribution is 7.97. The Hall–Kier alpha value is -1.17. The minimum atomic E-state index is -0.713. The second-order valence-corrected chi connectivity index (χ2v) is 5.46. The Morgan fingerprint density at radius 3 is 2.63 bits per heavy atom. The van der Waals surface area contributed by atoms with E-state index < -0.39 is 11.0 Å². The van der Waals surface area contributed by atoms with Gasteiger partial charge in [-0.15, -0.1) is 0 Å². The molecule has 100 valence electrons. The standard InChI is InChI=1S/C12H10Cl2N2O2S/c1-19-5-8-9(13)3-2-6(10(8)14)7-4-15-16-12(18)11(7)17/h2-4H,5H2,1H3,(H,15,17)(H,16,18). The van der Waals surface area contributed by atoms with Crippen molar-refractivity contribution in [3.05, 3.63) is 54.5 Å². The van der Waals surface area contributed by atoms with Crippen LogP contribution in [0.4, 0.5) is 0 Å². The Morgan fingerprint density at radius 1 is 1.21 bits per heavy atom. The van der Waals surface area contributed by atoms with Crippen molar-refractivity contribution in [1.82, 2.24) is 10.2 Å². The second-order valence-electron chi connectivity index (χ2n) is 3.81. The molecule has 0 aliphatic carbocycles. The van der Waals surface area contributed by atoms with E-state index in [1.54, 1.807) is 23.9 Å². The van der Waals surface area contributed by atoms with E-state index in [-0.39, 0.29) is 5.56 Å². The van der Waals surface area contributed by atoms with Gasteiger partial charge < -0.3 is 5.10 Å². The maximum absolute atomic E-state index is 11.8. The third kappa shape index (κ3) is 2.73. The van der Waals surface area contributed by atoms with Crippen LogP contribution >= 0.6 is 35.0 Å². The average Bonchev–Trinajstić information content (AvgIpc) is 2.39. The van der Waals surface area contributed by atoms with Crippen LogP contribution in [0.25, 0.3) is 11.1 Å². The van der Waals surface area contributed by atoms with Crippen LogP contribution in [0.2, 0.25) is 10.0 Å². The molecule has 0 radical (unpaired) electrons. The van der Waals surface area contributed by atoms with E-state index in [1.807, 2.05) is 6.26 Å². The van der Waals surface area contributed by atoms with Crippen LogP contribution < -0.4 is 11.0 Å². The maximum atomic E-state index is 11.8. The fourth-order valence-corrected chi connectivity index (χ4v) is 3.05. The molecule has 7 heteroatoms. The molecule has 2 aromatic rings. The Kier molecular flexibility index (Phi) is 4.39. The zero-order valence-corrected chi connectivity index (χ0v) is 12.2. The fraction of sp³-hybridized carbons (Fsp3) is 0.167. The molecule has 0 saturated heterocycles. The van der Waals surface area contributed by atoms with Gasteiger partial charge in [0.2, 0.25) is 0 Å². The highest BCUT2D eigenvalue weighted by Crippen LogP contribution is 2.34. The third-order valence-electron chi connectivity index (χ3n) is 2.62. The van der Waals surface area contributed by atoms with E-state index in [1.165, 1.54) is 6.20 Å². The van der Waals surface area contributed by atoms with Crippen molar-refractivity contribution in [1.29, 1.82) is 0 Å². The number of thioether (sulfide) groups is 1. The molecular formula is C12H10Cl2N2O2S. The van der Waals surface area contributed by atoms with E-state index in [0.29, 0.717) is 21.4 Å². The number of aromatic nitrogens is 2. The normalized spacial score (nSPS) is 10.7. The Balaban J connectivity index is 2.70. The third-order valence-corrected chi connectivity index (χ3v) is 3.98. The van der Waals surface area contributed by atoms with Crippen LogP contribution in [-0.4, -0.2) is 16.5 Å². The summed E-state index contributed by atoms with van der Waals surface area (Å²) in [7, 11) is 0. The Morgan fingerprint density at radius 2 is 1.95 bits per heavy atom. The van der Waals surface area contributed by atoms with E-state index >= 15 is 0 Å². The maximum Gasteiger partial charge on any atom is 0.310 e. The van der Waals surface area contributed by atoms with Crippen molar-refractivity contribution >= 4 is 35.0 Å². The van der Waals surface area contributed by atoms with Gasteiger partial charge in [-0.25, -0.2) is 0 Å². The van der Waals surface area contributed by atoms with E-state index in [2.05, 4.69) is 10.2 Å². The lowest BCUT2D eigenvalue weighted by Crippen LogP contribution is -2.28. The molecule has 2 N–H and O–H groups in total. The average molecular weight is 317 g/mol. The molecule has 1 aromatic carbocycles. The topological polar surface area (TPSA) is 65.7 Å². The molecule has 0 fully saturated rings. The molecule has 0 spiro atoms. The van der Waals surface area contributed by atoms with Crippen molar-refractivity contribution in [2.75, 3.05) is 6.26 Å². The minimum Gasteiger partial charge on any atom is -0.305 e. The van der Waals surface area contributed by atoms with Gasteiger partial charge >= 0.3 is 5.56 Å². The summed E-state index contributed by atoms with van der Waals surface area (Å²) in [5, 5.41) is 5.69. The largest absolute Gasteiger partial charge is 0.310 e. The lowest BCUT2D eigenvalue weighted by atomic mass is 10.1. The number of halogens is 2. The summed E-state index contributed by atoms with van der Waals surface area (Å²) >= 11 is 13.9. The monoisotopic (exact) mass is 316 g/mol. The highest BCUT2D eigenvalue weighted by Gasteiger charge is 2.15. The van der Waals surface area contributed by atoms with Crippen LogP contribution in [-0.2, 0) is 5.75 Å². The number of rotatable bonds is 3. The van der Waals surface area contributed by atoms with Crippen molar-refractivity contribution < 1.29 is 0 Å². The number of hydrogen-bond acceptors (Lipinski definition) is 3. The van der Waals surface area contributed by atoms with E-state index in [4.69, 9.17) is 23.2 Å². The molecule has 0 saturated carbocycles. The molecule has 0 atom stereocenters. The van der Waals surface area contributed by atoms with E-state index in [0.717, 1.165) is 5.56 Å². The molecule has 4 nitrogen and oxygen atoms in total. The van der Waals surface area contributed by atoms with Gasteiger partial charge in [0.25, 0.3) is 5.43 Å². The first-order chi connectivity index (χ1) is 9.06. The summed E-state index contributed by atoms with van der Waals surface area (Å²) in [6, 6.07) is 3.31. The zero-order valence-electron chi connectivity index (χ0n) is 9.92. The predicted octanol–water partition coefficient (Wildman–Crippen LogP) is 2.90. The first-order valence-corrected chi connectivity index (χ1v) is 7.47. The number of aromatic amines is 2. The van der Waals surface area contributed by atoms with Gasteiger partial charge in [0.1, 0.15) is 0 Å². The zero-order chi connectivity index (χ0) is 14.0. The molecule has 0 aliphatic heterocycles. The number of hydrogen-bond donors (Lipinski definition) is 2. The fourth-order valence-electron chi connectivity index (χ4n) is 1.70. The molecule has 19 heavy (non-hydrogen) atoms. The van der Waals surface area contributed by atoms with Crippen molar-refractivity contribution in [3.8, 4) is 11.1 Å². The quantitative estimate of drug-likeness (QED) is 0.856. The molecule has 0 amide bonds. The number of benzene rings is 1. The van der Waals surface area contributed by atoms with E-state index in [9.17, 15) is 9.59 Å². The summed E-state index contributed by atoms with van der Waals surface area (Å²) in [4.78, 5) is 23.1. The summed E-state index contributed by atoms with van der Waals surface area (Å²) in [6.07, 6.45) is 3.35. The van der Waals surface area contributed by atoms with Gasteiger partial charge in [-0.05, 0) is 17.9 Å². The Bertz CT molecular complexity index is 724. The SMILES string of the molecule is CSCc1c(Cl)ccc(-c2c[nH][nH]c(=O)c2=O)c1Cl. The Labute approximate surface area is 123 Å². The second kappa shape index (κ2) is 5.86. The summed E-state index contributed by atoms with van der Waals surface area (Å²) < 4.78 is 0. The summed E-state index contributed by atoms with van der Waals surface area (Å²) in [5.74, 6) is 0.632. The molecular weight excluding hydrogens is 307 g/mol. The lowest BCUT2D eigenvalue weighted by molar-refractivity contribution is 0.975.